The second-order valence-corrected chi connectivity index (χ2v) is 5.49. The predicted molar refractivity (Wildman–Crippen MR) is 89.3 cm³/mol. The first-order valence-electron chi connectivity index (χ1n) is 7.84. The van der Waals surface area contributed by atoms with Crippen LogP contribution in [0, 0.1) is 18.3 Å². The first-order chi connectivity index (χ1) is 10.3. The average Bonchev–Trinajstić information content (AvgIpc) is 2.53. The molecule has 1 heterocycles. The Bertz CT molecular complexity index is 479. The molecule has 112 valence electrons. The van der Waals surface area contributed by atoms with Gasteiger partial charge in [0, 0.05) is 19.6 Å². The molecule has 1 aromatic rings. The van der Waals surface area contributed by atoms with Gasteiger partial charge in [0.2, 0.25) is 0 Å². The Morgan fingerprint density at radius 3 is 2.67 bits per heavy atom. The molecule has 21 heavy (non-hydrogen) atoms. The quantitative estimate of drug-likeness (QED) is 0.522. The summed E-state index contributed by atoms with van der Waals surface area (Å²) < 4.78 is 0. The molecule has 1 aliphatic heterocycles. The number of hydrogen-bond donors (Lipinski definition) is 1. The number of piperidine rings is 1. The second kappa shape index (κ2) is 8.36. The van der Waals surface area contributed by atoms with Gasteiger partial charge in [-0.25, -0.2) is 4.99 Å². The zero-order valence-electron chi connectivity index (χ0n) is 12.9. The van der Waals surface area contributed by atoms with E-state index < -0.39 is 0 Å². The minimum Gasteiger partial charge on any atom is -0.356 e. The molecule has 0 aromatic heterocycles. The number of likely N-dealkylation sites (tertiary alicyclic amines) is 1. The summed E-state index contributed by atoms with van der Waals surface area (Å²) in [7, 11) is 0. The molecule has 1 N–H and O–H groups in total. The van der Waals surface area contributed by atoms with Crippen LogP contribution < -0.4 is 5.32 Å². The summed E-state index contributed by atoms with van der Waals surface area (Å²) >= 11 is 0. The van der Waals surface area contributed by atoms with Crippen LogP contribution in [0.4, 0.5) is 0 Å². The molecule has 0 bridgehead atoms. The number of terminal acetylenes is 1. The molecule has 0 amide bonds. The third-order valence-corrected chi connectivity index (χ3v) is 3.94. The summed E-state index contributed by atoms with van der Waals surface area (Å²) in [6.45, 7) is 5.55. The summed E-state index contributed by atoms with van der Waals surface area (Å²) in [5.41, 5.74) is 1.45. The van der Waals surface area contributed by atoms with Gasteiger partial charge in [-0.3, -0.25) is 0 Å². The third kappa shape index (κ3) is 4.82. The van der Waals surface area contributed by atoms with Crippen LogP contribution in [0.1, 0.15) is 25.3 Å². The molecule has 2 rings (SSSR count). The van der Waals surface area contributed by atoms with E-state index in [-0.39, 0.29) is 0 Å². The fraction of sp³-hybridized carbons (Fsp3) is 0.500. The van der Waals surface area contributed by atoms with Crippen LogP contribution in [-0.2, 0) is 6.42 Å². The Morgan fingerprint density at radius 2 is 2.05 bits per heavy atom. The zero-order valence-corrected chi connectivity index (χ0v) is 12.9. The van der Waals surface area contributed by atoms with Crippen molar-refractivity contribution in [1.82, 2.24) is 10.2 Å². The topological polar surface area (TPSA) is 27.6 Å². The number of hydrogen-bond acceptors (Lipinski definition) is 1. The Kier molecular flexibility index (Phi) is 6.15. The van der Waals surface area contributed by atoms with Crippen LogP contribution in [0.3, 0.4) is 0 Å². The molecular formula is C18H25N3. The summed E-state index contributed by atoms with van der Waals surface area (Å²) in [6, 6.07) is 10.8. The molecule has 0 saturated carbocycles. The third-order valence-electron chi connectivity index (χ3n) is 3.94. The Morgan fingerprint density at radius 1 is 1.33 bits per heavy atom. The highest BCUT2D eigenvalue weighted by Crippen LogP contribution is 2.21. The maximum absolute atomic E-state index is 5.31. The summed E-state index contributed by atoms with van der Waals surface area (Å²) in [6.07, 6.45) is 8.93. The van der Waals surface area contributed by atoms with Gasteiger partial charge in [-0.2, -0.15) is 0 Å². The minimum atomic E-state index is 0.451. The van der Waals surface area contributed by atoms with E-state index in [0.29, 0.717) is 6.54 Å². The number of nitrogens with zero attached hydrogens (tertiary/aromatic N) is 2. The molecule has 0 spiro atoms. The molecule has 0 radical (unpaired) electrons. The summed E-state index contributed by atoms with van der Waals surface area (Å²) in [5, 5.41) is 3.33. The van der Waals surface area contributed by atoms with E-state index in [1.807, 2.05) is 0 Å². The standard InChI is InChI=1S/C18H25N3/c1-3-12-20-18(19-4-2)21-13-10-17(11-14-21)15-16-8-6-5-7-9-16/h1,5-9,17H,4,10-15H2,2H3,(H,19,20). The van der Waals surface area contributed by atoms with Crippen LogP contribution in [0.5, 0.6) is 0 Å². The van der Waals surface area contributed by atoms with Gasteiger partial charge in [-0.1, -0.05) is 36.3 Å². The monoisotopic (exact) mass is 283 g/mol. The molecule has 0 atom stereocenters. The normalized spacial score (nSPS) is 16.6. The van der Waals surface area contributed by atoms with Gasteiger partial charge >= 0.3 is 0 Å². The lowest BCUT2D eigenvalue weighted by atomic mass is 9.90. The summed E-state index contributed by atoms with van der Waals surface area (Å²) in [4.78, 5) is 6.80. The lowest BCUT2D eigenvalue weighted by molar-refractivity contribution is 0.259. The maximum Gasteiger partial charge on any atom is 0.194 e. The average molecular weight is 283 g/mol. The highest BCUT2D eigenvalue weighted by atomic mass is 15.3. The van der Waals surface area contributed by atoms with Gasteiger partial charge in [0.25, 0.3) is 0 Å². The van der Waals surface area contributed by atoms with Crippen molar-refractivity contribution < 1.29 is 0 Å². The Balaban J connectivity index is 1.85. The first kappa shape index (κ1) is 15.4. The lowest BCUT2D eigenvalue weighted by Crippen LogP contribution is -2.46. The van der Waals surface area contributed by atoms with Crippen molar-refractivity contribution >= 4 is 5.96 Å². The summed E-state index contributed by atoms with van der Waals surface area (Å²) in [5.74, 6) is 4.33. The molecule has 3 nitrogen and oxygen atoms in total. The van der Waals surface area contributed by atoms with Crippen molar-refractivity contribution in [2.45, 2.75) is 26.2 Å². The Labute approximate surface area is 128 Å². The molecule has 3 heteroatoms. The van der Waals surface area contributed by atoms with Gasteiger partial charge in [0.15, 0.2) is 5.96 Å². The van der Waals surface area contributed by atoms with Crippen molar-refractivity contribution in [1.29, 1.82) is 0 Å². The molecule has 1 aromatic carbocycles. The SMILES string of the molecule is C#CCN=C(NCC)N1CCC(Cc2ccccc2)CC1. The molecular weight excluding hydrogens is 258 g/mol. The van der Waals surface area contributed by atoms with Crippen LogP contribution >= 0.6 is 0 Å². The predicted octanol–water partition coefficient (Wildman–Crippen LogP) is 2.54. The fourth-order valence-corrected chi connectivity index (χ4v) is 2.84. The van der Waals surface area contributed by atoms with Crippen molar-refractivity contribution in [3.63, 3.8) is 0 Å². The number of rotatable bonds is 4. The van der Waals surface area contributed by atoms with Crippen molar-refractivity contribution in [3.05, 3.63) is 35.9 Å². The van der Waals surface area contributed by atoms with E-state index >= 15 is 0 Å². The van der Waals surface area contributed by atoms with Gasteiger partial charge in [-0.05, 0) is 37.7 Å². The number of aliphatic imine (C=N–C) groups is 1. The fourth-order valence-electron chi connectivity index (χ4n) is 2.84. The lowest BCUT2D eigenvalue weighted by Gasteiger charge is -2.34. The molecule has 0 aliphatic carbocycles. The first-order valence-corrected chi connectivity index (χ1v) is 7.84. The molecule has 0 unspecified atom stereocenters. The van der Waals surface area contributed by atoms with Crippen LogP contribution in [-0.4, -0.2) is 37.0 Å². The maximum atomic E-state index is 5.31. The van der Waals surface area contributed by atoms with Gasteiger partial charge in [0.05, 0.1) is 0 Å². The van der Waals surface area contributed by atoms with Crippen LogP contribution in [0.15, 0.2) is 35.3 Å². The van der Waals surface area contributed by atoms with E-state index in [0.717, 1.165) is 31.5 Å². The van der Waals surface area contributed by atoms with E-state index in [9.17, 15) is 0 Å². The van der Waals surface area contributed by atoms with Gasteiger partial charge in [-0.15, -0.1) is 6.42 Å². The van der Waals surface area contributed by atoms with Crippen molar-refractivity contribution in [2.75, 3.05) is 26.2 Å². The highest BCUT2D eigenvalue weighted by Gasteiger charge is 2.21. The van der Waals surface area contributed by atoms with Crippen LogP contribution in [0.2, 0.25) is 0 Å². The van der Waals surface area contributed by atoms with E-state index in [2.05, 4.69) is 58.4 Å². The second-order valence-electron chi connectivity index (χ2n) is 5.49. The van der Waals surface area contributed by atoms with E-state index in [1.165, 1.54) is 24.8 Å². The van der Waals surface area contributed by atoms with Crippen molar-refractivity contribution in [2.24, 2.45) is 10.9 Å². The van der Waals surface area contributed by atoms with Gasteiger partial charge < -0.3 is 10.2 Å². The number of guanidine groups is 1. The molecule has 1 saturated heterocycles. The number of benzene rings is 1. The Hall–Kier alpha value is -1.95. The molecule has 1 aliphatic rings. The van der Waals surface area contributed by atoms with E-state index in [1.54, 1.807) is 0 Å². The number of nitrogens with one attached hydrogen (secondary N) is 1. The molecule has 1 fully saturated rings. The highest BCUT2D eigenvalue weighted by molar-refractivity contribution is 5.80. The minimum absolute atomic E-state index is 0.451. The zero-order chi connectivity index (χ0) is 14.9. The van der Waals surface area contributed by atoms with Gasteiger partial charge in [0.1, 0.15) is 6.54 Å². The van der Waals surface area contributed by atoms with Crippen molar-refractivity contribution in [3.8, 4) is 12.3 Å². The smallest absolute Gasteiger partial charge is 0.194 e. The van der Waals surface area contributed by atoms with E-state index in [4.69, 9.17) is 6.42 Å². The van der Waals surface area contributed by atoms with Crippen LogP contribution in [0.25, 0.3) is 0 Å². The largest absolute Gasteiger partial charge is 0.356 e.